The molecule has 1 aliphatic heterocycles. The van der Waals surface area contributed by atoms with Crippen molar-refractivity contribution in [3.63, 3.8) is 0 Å². The van der Waals surface area contributed by atoms with Crippen LogP contribution in [0.25, 0.3) is 0 Å². The van der Waals surface area contributed by atoms with Gasteiger partial charge >= 0.3 is 0 Å². The Morgan fingerprint density at radius 2 is 2.00 bits per heavy atom. The summed E-state index contributed by atoms with van der Waals surface area (Å²) in [6.45, 7) is 4.72. The topological polar surface area (TPSA) is 49.4 Å². The summed E-state index contributed by atoms with van der Waals surface area (Å²) in [4.78, 5) is 26.5. The fourth-order valence-corrected chi connectivity index (χ4v) is 3.61. The Morgan fingerprint density at radius 1 is 1.29 bits per heavy atom. The molecular weight excluding hydrogens is 367 g/mol. The fraction of sp³-hybridized carbons (Fsp3) is 0.529. The first-order chi connectivity index (χ1) is 11.1. The van der Waals surface area contributed by atoms with Crippen LogP contribution in [0.15, 0.2) is 24.3 Å². The van der Waals surface area contributed by atoms with E-state index in [9.17, 15) is 9.59 Å². The van der Waals surface area contributed by atoms with Crippen LogP contribution < -0.4 is 5.32 Å². The number of rotatable bonds is 8. The first-order valence-corrected chi connectivity index (χ1v) is 9.51. The molecule has 0 radical (unpaired) electrons. The minimum absolute atomic E-state index is 0. The van der Waals surface area contributed by atoms with Crippen LogP contribution in [0.5, 0.6) is 0 Å². The summed E-state index contributed by atoms with van der Waals surface area (Å²) in [5.41, 5.74) is 0.639. The number of hydrogen-bond acceptors (Lipinski definition) is 4. The van der Waals surface area contributed by atoms with E-state index >= 15 is 0 Å². The van der Waals surface area contributed by atoms with Gasteiger partial charge < -0.3 is 10.2 Å². The number of Topliss-reactive ketones (excluding diaryl/α,β-unsaturated/α-hetero) is 1. The zero-order valence-electron chi connectivity index (χ0n) is 13.8. The zero-order valence-corrected chi connectivity index (χ0v) is 16.2. The molecule has 24 heavy (non-hydrogen) atoms. The van der Waals surface area contributed by atoms with Gasteiger partial charge in [-0.2, -0.15) is 0 Å². The molecular formula is C17H24Cl2N2O2S. The van der Waals surface area contributed by atoms with Gasteiger partial charge in [-0.3, -0.25) is 9.59 Å². The molecule has 4 nitrogen and oxygen atoms in total. The van der Waals surface area contributed by atoms with Crippen LogP contribution in [-0.4, -0.2) is 53.8 Å². The highest BCUT2D eigenvalue weighted by molar-refractivity contribution is 8.00. The molecule has 0 aromatic heterocycles. The van der Waals surface area contributed by atoms with Crippen LogP contribution in [0, 0.1) is 0 Å². The van der Waals surface area contributed by atoms with E-state index in [4.69, 9.17) is 11.6 Å². The largest absolute Gasteiger partial charge is 0.338 e. The molecule has 0 saturated carbocycles. The molecule has 0 aliphatic carbocycles. The highest BCUT2D eigenvalue weighted by Gasteiger charge is 2.25. The Morgan fingerprint density at radius 3 is 2.58 bits per heavy atom. The van der Waals surface area contributed by atoms with Crippen molar-refractivity contribution < 1.29 is 9.59 Å². The predicted molar refractivity (Wildman–Crippen MR) is 104 cm³/mol. The van der Waals surface area contributed by atoms with Gasteiger partial charge in [0.25, 0.3) is 0 Å². The highest BCUT2D eigenvalue weighted by atomic mass is 35.5. The Labute approximate surface area is 159 Å². The summed E-state index contributed by atoms with van der Waals surface area (Å²) >= 11 is 7.20. The molecule has 1 aromatic carbocycles. The number of nitrogens with one attached hydrogen (secondary N) is 1. The van der Waals surface area contributed by atoms with Gasteiger partial charge in [0.2, 0.25) is 5.91 Å². The number of benzene rings is 1. The summed E-state index contributed by atoms with van der Waals surface area (Å²) < 4.78 is 0. The maximum absolute atomic E-state index is 12.4. The normalized spacial score (nSPS) is 16.5. The van der Waals surface area contributed by atoms with Crippen molar-refractivity contribution in [2.75, 3.05) is 31.1 Å². The smallest absolute Gasteiger partial charge is 0.232 e. The van der Waals surface area contributed by atoms with E-state index in [2.05, 4.69) is 12.2 Å². The molecule has 1 fully saturated rings. The molecule has 7 heteroatoms. The van der Waals surface area contributed by atoms with Crippen molar-refractivity contribution in [1.29, 1.82) is 0 Å². The maximum Gasteiger partial charge on any atom is 0.232 e. The number of ketones is 1. The summed E-state index contributed by atoms with van der Waals surface area (Å²) in [7, 11) is 0. The van der Waals surface area contributed by atoms with Crippen LogP contribution in [0.2, 0.25) is 5.02 Å². The van der Waals surface area contributed by atoms with Gasteiger partial charge in [-0.15, -0.1) is 24.2 Å². The van der Waals surface area contributed by atoms with Crippen LogP contribution in [0.1, 0.15) is 30.1 Å². The Hall–Kier alpha value is -0.750. The minimum atomic E-state index is 0. The van der Waals surface area contributed by atoms with Crippen molar-refractivity contribution in [3.8, 4) is 0 Å². The first kappa shape index (κ1) is 21.3. The van der Waals surface area contributed by atoms with Gasteiger partial charge in [-0.05, 0) is 43.7 Å². The highest BCUT2D eigenvalue weighted by Crippen LogP contribution is 2.15. The third-order valence-electron chi connectivity index (χ3n) is 3.88. The van der Waals surface area contributed by atoms with Crippen LogP contribution in [-0.2, 0) is 4.79 Å². The molecule has 0 bridgehead atoms. The lowest BCUT2D eigenvalue weighted by molar-refractivity contribution is -0.130. The van der Waals surface area contributed by atoms with Gasteiger partial charge in [-0.1, -0.05) is 18.5 Å². The summed E-state index contributed by atoms with van der Waals surface area (Å²) in [6.07, 6.45) is 1.97. The van der Waals surface area contributed by atoms with Gasteiger partial charge in [0.1, 0.15) is 0 Å². The van der Waals surface area contributed by atoms with Crippen LogP contribution >= 0.6 is 35.8 Å². The molecule has 1 atom stereocenters. The van der Waals surface area contributed by atoms with Crippen molar-refractivity contribution in [3.05, 3.63) is 34.9 Å². The number of carbonyl (C=O) groups excluding carboxylic acids is 2. The number of nitrogens with zero attached hydrogens (tertiary/aromatic N) is 1. The van der Waals surface area contributed by atoms with Crippen molar-refractivity contribution in [2.24, 2.45) is 0 Å². The standard InChI is InChI=1S/C17H23ClN2O2S.ClH/c1-2-9-20(15-7-8-19-10-15)17(22)12-23-11-16(21)13-3-5-14(18)6-4-13;/h3-6,15,19H,2,7-12H2,1H3;1H. The Kier molecular flexibility index (Phi) is 9.74. The van der Waals surface area contributed by atoms with Gasteiger partial charge in [0, 0.05) is 29.7 Å². The molecule has 0 spiro atoms. The van der Waals surface area contributed by atoms with Gasteiger partial charge in [0.15, 0.2) is 5.78 Å². The lowest BCUT2D eigenvalue weighted by atomic mass is 10.1. The molecule has 1 saturated heterocycles. The monoisotopic (exact) mass is 390 g/mol. The fourth-order valence-electron chi connectivity index (χ4n) is 2.69. The molecule has 134 valence electrons. The minimum Gasteiger partial charge on any atom is -0.338 e. The van der Waals surface area contributed by atoms with Crippen molar-refractivity contribution in [1.82, 2.24) is 10.2 Å². The number of amides is 1. The van der Waals surface area contributed by atoms with Crippen LogP contribution in [0.3, 0.4) is 0 Å². The predicted octanol–water partition coefficient (Wildman–Crippen LogP) is 3.28. The lowest BCUT2D eigenvalue weighted by Gasteiger charge is -2.28. The molecule has 1 aromatic rings. The lowest BCUT2D eigenvalue weighted by Crippen LogP contribution is -2.43. The number of carbonyl (C=O) groups is 2. The molecule has 1 heterocycles. The summed E-state index contributed by atoms with van der Waals surface area (Å²) in [5.74, 6) is 0.838. The number of hydrogen-bond donors (Lipinski definition) is 1. The third kappa shape index (κ3) is 6.28. The molecule has 2 rings (SSSR count). The average molecular weight is 391 g/mol. The van der Waals surface area contributed by atoms with E-state index in [1.54, 1.807) is 24.3 Å². The van der Waals surface area contributed by atoms with E-state index in [1.165, 1.54) is 11.8 Å². The Bertz CT molecular complexity index is 534. The maximum atomic E-state index is 12.4. The van der Waals surface area contributed by atoms with Crippen molar-refractivity contribution in [2.45, 2.75) is 25.8 Å². The van der Waals surface area contributed by atoms with E-state index in [-0.39, 0.29) is 24.1 Å². The number of halogens is 2. The average Bonchev–Trinajstić information content (AvgIpc) is 3.07. The summed E-state index contributed by atoms with van der Waals surface area (Å²) in [5, 5.41) is 3.92. The second-order valence-corrected chi connectivity index (χ2v) is 7.08. The second kappa shape index (κ2) is 11.0. The quantitative estimate of drug-likeness (QED) is 0.691. The van der Waals surface area contributed by atoms with E-state index < -0.39 is 0 Å². The molecule has 1 unspecified atom stereocenters. The van der Waals surface area contributed by atoms with E-state index in [1.807, 2.05) is 4.90 Å². The zero-order chi connectivity index (χ0) is 16.7. The van der Waals surface area contributed by atoms with Gasteiger partial charge in [-0.25, -0.2) is 0 Å². The Balaban J connectivity index is 0.00000288. The summed E-state index contributed by atoms with van der Waals surface area (Å²) in [6, 6.07) is 7.16. The van der Waals surface area contributed by atoms with Crippen LogP contribution in [0.4, 0.5) is 0 Å². The third-order valence-corrected chi connectivity index (χ3v) is 5.05. The first-order valence-electron chi connectivity index (χ1n) is 7.98. The van der Waals surface area contributed by atoms with Gasteiger partial charge in [0.05, 0.1) is 11.5 Å². The molecule has 1 amide bonds. The SMILES string of the molecule is CCCN(C(=O)CSCC(=O)c1ccc(Cl)cc1)C1CCNC1.Cl. The number of thioether (sulfide) groups is 1. The molecule has 1 N–H and O–H groups in total. The van der Waals surface area contributed by atoms with Crippen molar-refractivity contribution >= 4 is 47.5 Å². The second-order valence-electron chi connectivity index (χ2n) is 5.66. The van der Waals surface area contributed by atoms with E-state index in [0.29, 0.717) is 28.1 Å². The molecule has 1 aliphatic rings. The van der Waals surface area contributed by atoms with E-state index in [0.717, 1.165) is 32.5 Å².